The second-order valence-corrected chi connectivity index (χ2v) is 4.81. The molecular formula is C13H16ClNO2. The van der Waals surface area contributed by atoms with E-state index >= 15 is 0 Å². The van der Waals surface area contributed by atoms with Gasteiger partial charge in [-0.2, -0.15) is 0 Å². The summed E-state index contributed by atoms with van der Waals surface area (Å²) in [6.07, 6.45) is 0.969. The van der Waals surface area contributed by atoms with Gasteiger partial charge in [0.15, 0.2) is 0 Å². The normalized spacial score (nSPS) is 24.0. The Morgan fingerprint density at radius 2 is 2.24 bits per heavy atom. The molecule has 1 heterocycles. The maximum absolute atomic E-state index is 12.3. The van der Waals surface area contributed by atoms with Crippen molar-refractivity contribution in [2.24, 2.45) is 5.92 Å². The van der Waals surface area contributed by atoms with Crippen LogP contribution in [0.4, 0.5) is 0 Å². The summed E-state index contributed by atoms with van der Waals surface area (Å²) in [7, 11) is 0. The molecule has 3 nitrogen and oxygen atoms in total. The molecule has 0 bridgehead atoms. The van der Waals surface area contributed by atoms with Crippen molar-refractivity contribution in [1.82, 2.24) is 4.90 Å². The summed E-state index contributed by atoms with van der Waals surface area (Å²) in [4.78, 5) is 14.1. The second-order valence-electron chi connectivity index (χ2n) is 4.50. The van der Waals surface area contributed by atoms with Crippen molar-refractivity contribution in [2.45, 2.75) is 19.4 Å². The molecule has 0 aliphatic carbocycles. The molecule has 1 N–H and O–H groups in total. The summed E-state index contributed by atoms with van der Waals surface area (Å²) in [6, 6.07) is 6.71. The van der Waals surface area contributed by atoms with Crippen LogP contribution in [-0.2, 0) is 0 Å². The Labute approximate surface area is 106 Å². The van der Waals surface area contributed by atoms with E-state index in [4.69, 9.17) is 11.6 Å². The minimum absolute atomic E-state index is 0.0328. The molecule has 1 aromatic carbocycles. The average Bonchev–Trinajstić information content (AvgIpc) is 2.70. The number of nitrogens with zero attached hydrogens (tertiary/aromatic N) is 1. The Kier molecular flexibility index (Phi) is 3.57. The van der Waals surface area contributed by atoms with E-state index in [1.807, 2.05) is 0 Å². The molecule has 1 amide bonds. The predicted octanol–water partition coefficient (Wildman–Crippen LogP) is 2.48. The van der Waals surface area contributed by atoms with Crippen LogP contribution in [0.2, 0.25) is 0 Å². The van der Waals surface area contributed by atoms with E-state index in [0.29, 0.717) is 23.9 Å². The first-order valence-electron chi connectivity index (χ1n) is 5.80. The van der Waals surface area contributed by atoms with Gasteiger partial charge in [-0.25, -0.2) is 0 Å². The summed E-state index contributed by atoms with van der Waals surface area (Å²) >= 11 is 5.91. The fraction of sp³-hybridized carbons (Fsp3) is 0.462. The van der Waals surface area contributed by atoms with Gasteiger partial charge >= 0.3 is 0 Å². The van der Waals surface area contributed by atoms with Gasteiger partial charge in [0, 0.05) is 18.5 Å². The molecule has 92 valence electrons. The number of carbonyl (C=O) groups is 1. The van der Waals surface area contributed by atoms with Gasteiger partial charge in [-0.1, -0.05) is 19.1 Å². The van der Waals surface area contributed by atoms with Crippen LogP contribution in [0.1, 0.15) is 23.7 Å². The molecule has 0 spiro atoms. The molecule has 0 radical (unpaired) electrons. The van der Waals surface area contributed by atoms with Gasteiger partial charge in [-0.3, -0.25) is 4.79 Å². The van der Waals surface area contributed by atoms with Crippen LogP contribution in [0.5, 0.6) is 5.75 Å². The zero-order valence-corrected chi connectivity index (χ0v) is 10.5. The molecule has 0 aromatic heterocycles. The molecule has 1 saturated heterocycles. The number of para-hydroxylation sites is 1. The molecule has 1 aliphatic rings. The highest BCUT2D eigenvalue weighted by Crippen LogP contribution is 2.28. The first kappa shape index (κ1) is 12.2. The minimum atomic E-state index is -0.127. The Morgan fingerprint density at radius 3 is 2.88 bits per heavy atom. The second kappa shape index (κ2) is 4.96. The minimum Gasteiger partial charge on any atom is -0.507 e. The highest BCUT2D eigenvalue weighted by atomic mass is 35.5. The standard InChI is InChI=1S/C13H16ClNO2/c1-9-6-7-15(11(9)8-14)13(17)10-4-2-3-5-12(10)16/h2-5,9,11,16H,6-8H2,1H3. The summed E-state index contributed by atoms with van der Waals surface area (Å²) in [6.45, 7) is 2.82. The van der Waals surface area contributed by atoms with E-state index in [9.17, 15) is 9.90 Å². The van der Waals surface area contributed by atoms with Crippen molar-refractivity contribution in [3.8, 4) is 5.75 Å². The zero-order chi connectivity index (χ0) is 12.4. The fourth-order valence-electron chi connectivity index (χ4n) is 2.30. The smallest absolute Gasteiger partial charge is 0.257 e. The Morgan fingerprint density at radius 1 is 1.53 bits per heavy atom. The van der Waals surface area contributed by atoms with Crippen molar-refractivity contribution in [3.05, 3.63) is 29.8 Å². The number of amides is 1. The van der Waals surface area contributed by atoms with Crippen LogP contribution >= 0.6 is 11.6 Å². The van der Waals surface area contributed by atoms with Crippen molar-refractivity contribution in [3.63, 3.8) is 0 Å². The average molecular weight is 254 g/mol. The van der Waals surface area contributed by atoms with Gasteiger partial charge in [0.2, 0.25) is 0 Å². The monoisotopic (exact) mass is 253 g/mol. The molecule has 1 aliphatic heterocycles. The van der Waals surface area contributed by atoms with E-state index in [1.165, 1.54) is 6.07 Å². The first-order valence-corrected chi connectivity index (χ1v) is 6.33. The number of hydrogen-bond acceptors (Lipinski definition) is 2. The third-order valence-corrected chi connectivity index (χ3v) is 3.75. The lowest BCUT2D eigenvalue weighted by atomic mass is 10.0. The lowest BCUT2D eigenvalue weighted by Gasteiger charge is -2.25. The van der Waals surface area contributed by atoms with E-state index in [2.05, 4.69) is 6.92 Å². The topological polar surface area (TPSA) is 40.5 Å². The van der Waals surface area contributed by atoms with Crippen LogP contribution in [0, 0.1) is 5.92 Å². The third-order valence-electron chi connectivity index (χ3n) is 3.44. The van der Waals surface area contributed by atoms with Gasteiger partial charge < -0.3 is 10.0 Å². The molecule has 2 unspecified atom stereocenters. The maximum Gasteiger partial charge on any atom is 0.257 e. The highest BCUT2D eigenvalue weighted by molar-refractivity contribution is 6.18. The number of hydrogen-bond donors (Lipinski definition) is 1. The maximum atomic E-state index is 12.3. The number of halogens is 1. The number of likely N-dealkylation sites (tertiary alicyclic amines) is 1. The highest BCUT2D eigenvalue weighted by Gasteiger charge is 2.34. The predicted molar refractivity (Wildman–Crippen MR) is 67.4 cm³/mol. The van der Waals surface area contributed by atoms with Crippen LogP contribution in [0.25, 0.3) is 0 Å². The lowest BCUT2D eigenvalue weighted by Crippen LogP contribution is -2.38. The van der Waals surface area contributed by atoms with Gasteiger partial charge in [0.05, 0.1) is 5.56 Å². The molecule has 1 aromatic rings. The zero-order valence-electron chi connectivity index (χ0n) is 9.77. The number of phenolic OH excluding ortho intramolecular Hbond substituents is 1. The number of alkyl halides is 1. The third kappa shape index (κ3) is 2.25. The van der Waals surface area contributed by atoms with Gasteiger partial charge in [0.25, 0.3) is 5.91 Å². The number of aromatic hydroxyl groups is 1. The first-order chi connectivity index (χ1) is 8.15. The van der Waals surface area contributed by atoms with Gasteiger partial charge in [-0.05, 0) is 24.5 Å². The number of carbonyl (C=O) groups excluding carboxylic acids is 1. The van der Waals surface area contributed by atoms with Crippen LogP contribution in [0.15, 0.2) is 24.3 Å². The fourth-order valence-corrected chi connectivity index (χ4v) is 2.78. The van der Waals surface area contributed by atoms with E-state index in [1.54, 1.807) is 23.1 Å². The van der Waals surface area contributed by atoms with Crippen molar-refractivity contribution in [1.29, 1.82) is 0 Å². The number of benzene rings is 1. The van der Waals surface area contributed by atoms with Crippen LogP contribution < -0.4 is 0 Å². The Balaban J connectivity index is 2.24. The number of rotatable bonds is 2. The quantitative estimate of drug-likeness (QED) is 0.823. The van der Waals surface area contributed by atoms with E-state index in [0.717, 1.165) is 6.42 Å². The summed E-state index contributed by atoms with van der Waals surface area (Å²) < 4.78 is 0. The van der Waals surface area contributed by atoms with Crippen LogP contribution in [0.3, 0.4) is 0 Å². The Bertz CT molecular complexity index is 422. The molecule has 1 fully saturated rings. The molecule has 0 saturated carbocycles. The largest absolute Gasteiger partial charge is 0.507 e. The molecule has 2 atom stereocenters. The van der Waals surface area contributed by atoms with Crippen LogP contribution in [-0.4, -0.2) is 34.4 Å². The molecular weight excluding hydrogens is 238 g/mol. The lowest BCUT2D eigenvalue weighted by molar-refractivity contribution is 0.0734. The van der Waals surface area contributed by atoms with Crippen molar-refractivity contribution in [2.75, 3.05) is 12.4 Å². The number of phenols is 1. The molecule has 17 heavy (non-hydrogen) atoms. The summed E-state index contributed by atoms with van der Waals surface area (Å²) in [5.74, 6) is 0.770. The van der Waals surface area contributed by atoms with Crippen molar-refractivity contribution >= 4 is 17.5 Å². The van der Waals surface area contributed by atoms with Gasteiger partial charge in [0.1, 0.15) is 5.75 Å². The SMILES string of the molecule is CC1CCN(C(=O)c2ccccc2O)C1CCl. The Hall–Kier alpha value is -1.22. The molecule has 4 heteroatoms. The van der Waals surface area contributed by atoms with E-state index in [-0.39, 0.29) is 17.7 Å². The summed E-state index contributed by atoms with van der Waals surface area (Å²) in [5, 5.41) is 9.69. The summed E-state index contributed by atoms with van der Waals surface area (Å²) in [5.41, 5.74) is 0.358. The van der Waals surface area contributed by atoms with Gasteiger partial charge in [-0.15, -0.1) is 11.6 Å². The van der Waals surface area contributed by atoms with E-state index < -0.39 is 0 Å². The molecule has 2 rings (SSSR count). The van der Waals surface area contributed by atoms with Crippen molar-refractivity contribution < 1.29 is 9.90 Å².